The summed E-state index contributed by atoms with van der Waals surface area (Å²) < 4.78 is 5.54. The molecule has 1 amide bonds. The summed E-state index contributed by atoms with van der Waals surface area (Å²) in [7, 11) is 1.73. The van der Waals surface area contributed by atoms with Gasteiger partial charge in [-0.05, 0) is 38.8 Å². The fourth-order valence-corrected chi connectivity index (χ4v) is 5.61. The van der Waals surface area contributed by atoms with Crippen LogP contribution in [0.25, 0.3) is 0 Å². The quantitative estimate of drug-likeness (QED) is 0.732. The smallest absolute Gasteiger partial charge is 0.227 e. The molecular weight excluding hydrogens is 396 g/mol. The maximum atomic E-state index is 12.9. The number of thiazole rings is 1. The van der Waals surface area contributed by atoms with Crippen molar-refractivity contribution < 1.29 is 9.53 Å². The molecular formula is C23H32N4O2S. The van der Waals surface area contributed by atoms with Crippen LogP contribution in [0.15, 0.2) is 24.3 Å². The van der Waals surface area contributed by atoms with Gasteiger partial charge in [0.15, 0.2) is 0 Å². The predicted molar refractivity (Wildman–Crippen MR) is 122 cm³/mol. The van der Waals surface area contributed by atoms with Crippen LogP contribution in [0.3, 0.4) is 0 Å². The van der Waals surface area contributed by atoms with Gasteiger partial charge in [-0.15, -0.1) is 11.3 Å². The summed E-state index contributed by atoms with van der Waals surface area (Å²) in [6.45, 7) is 9.78. The first-order valence-corrected chi connectivity index (χ1v) is 11.7. The number of rotatable bonds is 5. The summed E-state index contributed by atoms with van der Waals surface area (Å²) in [6, 6.07) is 8.71. The van der Waals surface area contributed by atoms with E-state index >= 15 is 0 Å². The van der Waals surface area contributed by atoms with Crippen molar-refractivity contribution in [1.82, 2.24) is 14.8 Å². The second kappa shape index (κ2) is 9.35. The van der Waals surface area contributed by atoms with E-state index in [-0.39, 0.29) is 5.91 Å². The van der Waals surface area contributed by atoms with Gasteiger partial charge < -0.3 is 14.5 Å². The first-order chi connectivity index (χ1) is 14.5. The maximum absolute atomic E-state index is 12.9. The summed E-state index contributed by atoms with van der Waals surface area (Å²) in [4.78, 5) is 25.6. The van der Waals surface area contributed by atoms with E-state index in [1.165, 1.54) is 12.1 Å². The zero-order chi connectivity index (χ0) is 21.1. The first kappa shape index (κ1) is 21.1. The van der Waals surface area contributed by atoms with Crippen molar-refractivity contribution in [2.24, 2.45) is 0 Å². The lowest BCUT2D eigenvalue weighted by molar-refractivity contribution is -0.132. The fraction of sp³-hybridized carbons (Fsp3) is 0.565. The van der Waals surface area contributed by atoms with Gasteiger partial charge in [-0.2, -0.15) is 0 Å². The van der Waals surface area contributed by atoms with Gasteiger partial charge in [-0.25, -0.2) is 4.98 Å². The molecule has 6 nitrogen and oxygen atoms in total. The zero-order valence-electron chi connectivity index (χ0n) is 18.3. The lowest BCUT2D eigenvalue weighted by Crippen LogP contribution is -2.56. The summed E-state index contributed by atoms with van der Waals surface area (Å²) in [5.41, 5.74) is 2.18. The molecule has 0 aliphatic carbocycles. The highest BCUT2D eigenvalue weighted by Gasteiger charge is 2.30. The highest BCUT2D eigenvalue weighted by atomic mass is 32.1. The maximum Gasteiger partial charge on any atom is 0.227 e. The third kappa shape index (κ3) is 4.62. The molecule has 30 heavy (non-hydrogen) atoms. The molecule has 0 unspecified atom stereocenters. The Hall–Kier alpha value is -2.12. The molecule has 0 radical (unpaired) electrons. The molecule has 2 fully saturated rings. The molecule has 2 aromatic rings. The number of nitrogens with zero attached hydrogens (tertiary/aromatic N) is 4. The largest absolute Gasteiger partial charge is 0.495 e. The Morgan fingerprint density at radius 2 is 1.93 bits per heavy atom. The Morgan fingerprint density at radius 3 is 2.63 bits per heavy atom. The van der Waals surface area contributed by atoms with E-state index in [9.17, 15) is 4.79 Å². The lowest BCUT2D eigenvalue weighted by Gasteiger charge is -2.44. The number of likely N-dealkylation sites (tertiary alicyclic amines) is 1. The number of para-hydroxylation sites is 2. The number of piperazine rings is 1. The first-order valence-electron chi connectivity index (χ1n) is 10.9. The van der Waals surface area contributed by atoms with Gasteiger partial charge in [0.2, 0.25) is 5.91 Å². The molecule has 4 rings (SSSR count). The van der Waals surface area contributed by atoms with Crippen LogP contribution in [-0.2, 0) is 11.2 Å². The minimum Gasteiger partial charge on any atom is -0.495 e. The van der Waals surface area contributed by atoms with Crippen molar-refractivity contribution in [2.45, 2.75) is 39.2 Å². The van der Waals surface area contributed by atoms with Gasteiger partial charge in [-0.3, -0.25) is 9.69 Å². The van der Waals surface area contributed by atoms with Crippen LogP contribution in [0.4, 0.5) is 5.69 Å². The van der Waals surface area contributed by atoms with Crippen molar-refractivity contribution in [3.05, 3.63) is 39.8 Å². The minimum atomic E-state index is 0.249. The van der Waals surface area contributed by atoms with Crippen LogP contribution < -0.4 is 9.64 Å². The van der Waals surface area contributed by atoms with Crippen LogP contribution >= 0.6 is 11.3 Å². The minimum absolute atomic E-state index is 0.249. The Labute approximate surface area is 183 Å². The number of carbonyl (C=O) groups excluding carboxylic acids is 1. The zero-order valence-corrected chi connectivity index (χ0v) is 19.1. The second-order valence-corrected chi connectivity index (χ2v) is 9.54. The van der Waals surface area contributed by atoms with Crippen LogP contribution in [-0.4, -0.2) is 73.1 Å². The standard InChI is InChI=1S/C23H32N4O2S/c1-17-22(30-18(2)24-17)15-23(28)27-10-6-7-19(16-27)25-11-13-26(14-12-25)20-8-4-5-9-21(20)29-3/h4-5,8-9,19H,6-7,10-16H2,1-3H3/t19-/m0/s1. The molecule has 1 aromatic carbocycles. The number of amides is 1. The molecule has 2 aliphatic rings. The molecule has 3 heterocycles. The topological polar surface area (TPSA) is 48.9 Å². The lowest BCUT2D eigenvalue weighted by atomic mass is 10.0. The van der Waals surface area contributed by atoms with E-state index in [1.54, 1.807) is 18.4 Å². The molecule has 0 saturated carbocycles. The summed E-state index contributed by atoms with van der Waals surface area (Å²) >= 11 is 1.65. The van der Waals surface area contributed by atoms with Crippen molar-refractivity contribution in [3.8, 4) is 5.75 Å². The van der Waals surface area contributed by atoms with Crippen molar-refractivity contribution in [3.63, 3.8) is 0 Å². The number of benzene rings is 1. The number of ether oxygens (including phenoxy) is 1. The van der Waals surface area contributed by atoms with Crippen LogP contribution in [0.5, 0.6) is 5.75 Å². The van der Waals surface area contributed by atoms with E-state index in [2.05, 4.69) is 31.8 Å². The normalized spacial score (nSPS) is 20.4. The van der Waals surface area contributed by atoms with E-state index in [0.717, 1.165) is 67.0 Å². The molecule has 1 aromatic heterocycles. The number of aryl methyl sites for hydroxylation is 2. The Balaban J connectivity index is 1.33. The number of aromatic nitrogens is 1. The summed E-state index contributed by atoms with van der Waals surface area (Å²) in [5, 5.41) is 1.04. The van der Waals surface area contributed by atoms with Gasteiger partial charge >= 0.3 is 0 Å². The molecule has 0 spiro atoms. The van der Waals surface area contributed by atoms with Gasteiger partial charge in [0, 0.05) is 50.2 Å². The van der Waals surface area contributed by atoms with E-state index in [4.69, 9.17) is 4.74 Å². The van der Waals surface area contributed by atoms with Gasteiger partial charge in [0.1, 0.15) is 5.75 Å². The number of hydrogen-bond acceptors (Lipinski definition) is 6. The van der Waals surface area contributed by atoms with Crippen LogP contribution in [0.2, 0.25) is 0 Å². The number of hydrogen-bond donors (Lipinski definition) is 0. The van der Waals surface area contributed by atoms with Crippen molar-refractivity contribution in [1.29, 1.82) is 0 Å². The molecule has 0 bridgehead atoms. The van der Waals surface area contributed by atoms with Crippen molar-refractivity contribution in [2.75, 3.05) is 51.3 Å². The average Bonchev–Trinajstić information content (AvgIpc) is 3.10. The van der Waals surface area contributed by atoms with Crippen LogP contribution in [0.1, 0.15) is 28.4 Å². The highest BCUT2D eigenvalue weighted by Crippen LogP contribution is 2.29. The molecule has 1 atom stereocenters. The number of carbonyl (C=O) groups is 1. The Morgan fingerprint density at radius 1 is 1.17 bits per heavy atom. The molecule has 0 N–H and O–H groups in total. The van der Waals surface area contributed by atoms with E-state index in [0.29, 0.717) is 12.5 Å². The predicted octanol–water partition coefficient (Wildman–Crippen LogP) is 3.12. The molecule has 7 heteroatoms. The number of methoxy groups -OCH3 is 1. The summed E-state index contributed by atoms with van der Waals surface area (Å²) in [6.07, 6.45) is 2.76. The van der Waals surface area contributed by atoms with E-state index < -0.39 is 0 Å². The number of anilines is 1. The molecule has 2 saturated heterocycles. The van der Waals surface area contributed by atoms with Crippen molar-refractivity contribution >= 4 is 22.9 Å². The summed E-state index contributed by atoms with van der Waals surface area (Å²) in [5.74, 6) is 1.19. The highest BCUT2D eigenvalue weighted by molar-refractivity contribution is 7.11. The second-order valence-electron chi connectivity index (χ2n) is 8.25. The Bertz CT molecular complexity index is 876. The molecule has 2 aliphatic heterocycles. The SMILES string of the molecule is COc1ccccc1N1CCN([C@H]2CCCN(C(=O)Cc3sc(C)nc3C)C2)CC1. The fourth-order valence-electron chi connectivity index (χ4n) is 4.68. The third-order valence-corrected chi connectivity index (χ3v) is 7.39. The van der Waals surface area contributed by atoms with Crippen LogP contribution in [0, 0.1) is 13.8 Å². The average molecular weight is 429 g/mol. The van der Waals surface area contributed by atoms with Gasteiger partial charge in [0.05, 0.1) is 29.9 Å². The van der Waals surface area contributed by atoms with Gasteiger partial charge in [-0.1, -0.05) is 12.1 Å². The van der Waals surface area contributed by atoms with E-state index in [1.807, 2.05) is 26.0 Å². The third-order valence-electron chi connectivity index (χ3n) is 6.32. The monoisotopic (exact) mass is 428 g/mol. The van der Waals surface area contributed by atoms with Gasteiger partial charge in [0.25, 0.3) is 0 Å². The number of piperidine rings is 1. The molecule has 162 valence electrons. The Kier molecular flexibility index (Phi) is 6.58.